The van der Waals surface area contributed by atoms with Gasteiger partial charge in [-0.3, -0.25) is 0 Å². The number of ether oxygens (including phenoxy) is 2. The van der Waals surface area contributed by atoms with Gasteiger partial charge in [0.15, 0.2) is 6.29 Å². The number of nitrogens with zero attached hydrogens (tertiary/aromatic N) is 1. The summed E-state index contributed by atoms with van der Waals surface area (Å²) >= 11 is 0. The van der Waals surface area contributed by atoms with Crippen molar-refractivity contribution in [1.29, 1.82) is 0 Å². The molecule has 6 heteroatoms. The van der Waals surface area contributed by atoms with Crippen LogP contribution in [0.5, 0.6) is 0 Å². The standard InChI is InChI=1S/C11H12N2O2.V.Y/c1-4-14-11(15-5-1)8-2-3-9-10(6-8)13-7-12-9;;/h2-3,6-7,11H,1,4-5H2,(H,12,13);;. The molecule has 0 atom stereocenters. The predicted octanol–water partition coefficient (Wildman–Crippen LogP) is 1.99. The van der Waals surface area contributed by atoms with Crippen LogP contribution in [-0.2, 0) is 60.7 Å². The van der Waals surface area contributed by atoms with Crippen LogP contribution in [0.25, 0.3) is 11.0 Å². The van der Waals surface area contributed by atoms with E-state index in [9.17, 15) is 0 Å². The molecule has 0 bridgehead atoms. The molecule has 1 aliphatic heterocycles. The van der Waals surface area contributed by atoms with Gasteiger partial charge in [0.05, 0.1) is 30.6 Å². The molecule has 2 radical (unpaired) electrons. The van der Waals surface area contributed by atoms with Gasteiger partial charge in [-0.2, -0.15) is 0 Å². The topological polar surface area (TPSA) is 47.1 Å². The summed E-state index contributed by atoms with van der Waals surface area (Å²) in [6, 6.07) is 6.00. The van der Waals surface area contributed by atoms with Crippen LogP contribution in [0.1, 0.15) is 18.3 Å². The Morgan fingerprint density at radius 2 is 2.00 bits per heavy atom. The molecule has 3 rings (SSSR count). The van der Waals surface area contributed by atoms with E-state index >= 15 is 0 Å². The summed E-state index contributed by atoms with van der Waals surface area (Å²) in [5.74, 6) is 0. The van der Waals surface area contributed by atoms with Crippen LogP contribution in [0.15, 0.2) is 24.5 Å². The largest absolute Gasteiger partial charge is 0.348 e. The third kappa shape index (κ3) is 3.40. The van der Waals surface area contributed by atoms with Gasteiger partial charge in [0.2, 0.25) is 0 Å². The molecule has 2 heterocycles. The Labute approximate surface area is 137 Å². The van der Waals surface area contributed by atoms with E-state index in [-0.39, 0.29) is 57.6 Å². The van der Waals surface area contributed by atoms with Crippen LogP contribution in [0.4, 0.5) is 0 Å². The summed E-state index contributed by atoms with van der Waals surface area (Å²) in [7, 11) is 0. The van der Waals surface area contributed by atoms with Gasteiger partial charge in [-0.25, -0.2) is 4.98 Å². The second kappa shape index (κ2) is 7.03. The second-order valence-electron chi connectivity index (χ2n) is 3.61. The summed E-state index contributed by atoms with van der Waals surface area (Å²) in [6.07, 6.45) is 2.45. The van der Waals surface area contributed by atoms with Crippen molar-refractivity contribution >= 4 is 11.0 Å². The monoisotopic (exact) mass is 344 g/mol. The molecule has 1 saturated heterocycles. The van der Waals surface area contributed by atoms with Gasteiger partial charge in [0, 0.05) is 56.8 Å². The zero-order chi connectivity index (χ0) is 10.1. The normalized spacial score (nSPS) is 16.2. The van der Waals surface area contributed by atoms with Crippen molar-refractivity contribution in [2.45, 2.75) is 12.7 Å². The van der Waals surface area contributed by atoms with Crippen LogP contribution < -0.4 is 0 Å². The molecular weight excluding hydrogens is 332 g/mol. The van der Waals surface area contributed by atoms with E-state index < -0.39 is 0 Å². The number of H-pyrrole nitrogens is 1. The molecule has 0 saturated carbocycles. The number of hydrogen-bond donors (Lipinski definition) is 1. The average Bonchev–Trinajstić information content (AvgIpc) is 2.77. The van der Waals surface area contributed by atoms with E-state index in [4.69, 9.17) is 9.47 Å². The molecular formula is C11H12N2O2VY. The van der Waals surface area contributed by atoms with Crippen LogP contribution in [0.3, 0.4) is 0 Å². The van der Waals surface area contributed by atoms with Gasteiger partial charge in [-0.1, -0.05) is 6.07 Å². The van der Waals surface area contributed by atoms with Gasteiger partial charge < -0.3 is 14.5 Å². The Morgan fingerprint density at radius 3 is 2.76 bits per heavy atom. The molecule has 1 aromatic heterocycles. The van der Waals surface area contributed by atoms with E-state index in [0.717, 1.165) is 36.2 Å². The summed E-state index contributed by atoms with van der Waals surface area (Å²) in [6.45, 7) is 1.54. The number of rotatable bonds is 1. The molecule has 86 valence electrons. The number of imidazole rings is 1. The Morgan fingerprint density at radius 1 is 1.24 bits per heavy atom. The Bertz CT molecular complexity index is 471. The van der Waals surface area contributed by atoms with Gasteiger partial charge in [0.1, 0.15) is 0 Å². The first kappa shape index (κ1) is 15.4. The minimum Gasteiger partial charge on any atom is -0.348 e. The van der Waals surface area contributed by atoms with Crippen LogP contribution in [-0.4, -0.2) is 23.2 Å². The fourth-order valence-electron chi connectivity index (χ4n) is 1.78. The molecule has 4 nitrogen and oxygen atoms in total. The molecule has 1 N–H and O–H groups in total. The summed E-state index contributed by atoms with van der Waals surface area (Å²) in [5.41, 5.74) is 3.03. The van der Waals surface area contributed by atoms with Crippen molar-refractivity contribution in [2.75, 3.05) is 13.2 Å². The summed E-state index contributed by atoms with van der Waals surface area (Å²) in [5, 5.41) is 0. The molecule has 1 aliphatic rings. The van der Waals surface area contributed by atoms with E-state index in [0.29, 0.717) is 0 Å². The van der Waals surface area contributed by atoms with E-state index in [1.807, 2.05) is 18.2 Å². The summed E-state index contributed by atoms with van der Waals surface area (Å²) < 4.78 is 11.1. The fourth-order valence-corrected chi connectivity index (χ4v) is 1.78. The van der Waals surface area contributed by atoms with E-state index in [1.54, 1.807) is 6.33 Å². The average molecular weight is 344 g/mol. The molecule has 0 spiro atoms. The maximum atomic E-state index is 5.53. The van der Waals surface area contributed by atoms with Crippen LogP contribution in [0.2, 0.25) is 0 Å². The first-order valence-corrected chi connectivity index (χ1v) is 5.10. The first-order valence-electron chi connectivity index (χ1n) is 5.10. The Hall–Kier alpha value is 0.298. The number of aromatic nitrogens is 2. The maximum Gasteiger partial charge on any atom is 0.183 e. The smallest absolute Gasteiger partial charge is 0.183 e. The van der Waals surface area contributed by atoms with Gasteiger partial charge in [0.25, 0.3) is 0 Å². The zero-order valence-electron chi connectivity index (χ0n) is 9.30. The molecule has 2 aromatic rings. The third-order valence-electron chi connectivity index (χ3n) is 2.54. The minimum atomic E-state index is -0.216. The molecule has 0 aliphatic carbocycles. The number of nitrogens with one attached hydrogen (secondary N) is 1. The van der Waals surface area contributed by atoms with E-state index in [1.165, 1.54) is 0 Å². The molecule has 17 heavy (non-hydrogen) atoms. The molecule has 0 unspecified atom stereocenters. The zero-order valence-corrected chi connectivity index (χ0v) is 13.5. The van der Waals surface area contributed by atoms with Crippen molar-refractivity contribution in [3.8, 4) is 0 Å². The molecule has 0 amide bonds. The number of aromatic amines is 1. The predicted molar refractivity (Wildman–Crippen MR) is 55.4 cm³/mol. The first-order chi connectivity index (χ1) is 7.43. The minimum absolute atomic E-state index is 0. The fraction of sp³-hybridized carbons (Fsp3) is 0.364. The number of hydrogen-bond acceptors (Lipinski definition) is 3. The van der Waals surface area contributed by atoms with Crippen LogP contribution >= 0.6 is 0 Å². The second-order valence-corrected chi connectivity index (χ2v) is 3.61. The van der Waals surface area contributed by atoms with Gasteiger partial charge in [-0.05, 0) is 18.6 Å². The quantitative estimate of drug-likeness (QED) is 0.861. The Balaban J connectivity index is 0.000000722. The van der Waals surface area contributed by atoms with Gasteiger partial charge >= 0.3 is 0 Å². The number of fused-ring (bicyclic) bond motifs is 1. The molecule has 1 fully saturated rings. The third-order valence-corrected chi connectivity index (χ3v) is 2.54. The maximum absolute atomic E-state index is 5.53. The van der Waals surface area contributed by atoms with Crippen molar-refractivity contribution in [3.63, 3.8) is 0 Å². The van der Waals surface area contributed by atoms with Crippen molar-refractivity contribution in [3.05, 3.63) is 30.1 Å². The molecule has 1 aromatic carbocycles. The van der Waals surface area contributed by atoms with Crippen molar-refractivity contribution in [2.24, 2.45) is 0 Å². The van der Waals surface area contributed by atoms with Crippen LogP contribution in [0, 0.1) is 0 Å². The van der Waals surface area contributed by atoms with Crippen molar-refractivity contribution in [1.82, 2.24) is 9.97 Å². The number of benzene rings is 1. The Kier molecular flexibility index (Phi) is 6.35. The van der Waals surface area contributed by atoms with Gasteiger partial charge in [-0.15, -0.1) is 0 Å². The summed E-state index contributed by atoms with van der Waals surface area (Å²) in [4.78, 5) is 7.24. The van der Waals surface area contributed by atoms with E-state index in [2.05, 4.69) is 9.97 Å². The van der Waals surface area contributed by atoms with Crippen molar-refractivity contribution < 1.29 is 60.7 Å². The SMILES string of the molecule is [V].[Y].c1nc2ccc(C3OCCCO3)cc2[nH]1.